The van der Waals surface area contributed by atoms with Gasteiger partial charge in [-0.1, -0.05) is 12.1 Å². The van der Waals surface area contributed by atoms with Crippen LogP contribution in [-0.2, 0) is 0 Å². The number of fused-ring (bicyclic) bond motifs is 2. The predicted octanol–water partition coefficient (Wildman–Crippen LogP) is 2.23. The van der Waals surface area contributed by atoms with Crippen LogP contribution in [0.3, 0.4) is 0 Å². The van der Waals surface area contributed by atoms with E-state index in [-0.39, 0.29) is 0 Å². The molecule has 1 aliphatic carbocycles. The monoisotopic (exact) mass is 284 g/mol. The summed E-state index contributed by atoms with van der Waals surface area (Å²) >= 11 is 0. The molecule has 1 unspecified atom stereocenters. The number of para-hydroxylation sites is 1. The Bertz CT molecular complexity index is 688. The number of rotatable bonds is 3. The largest absolute Gasteiger partial charge is 0.494 e. The van der Waals surface area contributed by atoms with Crippen molar-refractivity contribution in [2.75, 3.05) is 31.7 Å². The second kappa shape index (κ2) is 4.60. The molecule has 3 atom stereocenters. The van der Waals surface area contributed by atoms with Gasteiger partial charge in [-0.05, 0) is 36.3 Å². The molecule has 4 nitrogen and oxygen atoms in total. The number of aryl methyl sites for hydroxylation is 1. The van der Waals surface area contributed by atoms with Gasteiger partial charge in [0.2, 0.25) is 0 Å². The zero-order chi connectivity index (χ0) is 14.6. The molecule has 4 rings (SSSR count). The molecule has 1 saturated heterocycles. The second-order valence-corrected chi connectivity index (χ2v) is 6.23. The normalized spacial score (nSPS) is 27.0. The third-order valence-electron chi connectivity index (χ3n) is 5.13. The standard InChI is InChI=1S/C17H20N2O2/c1-10-6-18-16-11(4-3-5-15(16)21-2)17(10)19-7-12-13(8-19)14(12)9-20/h3-6,12-14,20H,7-9H2,1-2H3/t12-,13+,14?. The summed E-state index contributed by atoms with van der Waals surface area (Å²) in [5.41, 5.74) is 3.42. The zero-order valence-electron chi connectivity index (χ0n) is 12.4. The number of ether oxygens (including phenoxy) is 1. The van der Waals surface area contributed by atoms with Gasteiger partial charge < -0.3 is 14.7 Å². The van der Waals surface area contributed by atoms with E-state index in [9.17, 15) is 5.11 Å². The summed E-state index contributed by atoms with van der Waals surface area (Å²) in [5.74, 6) is 2.70. The van der Waals surface area contributed by atoms with Gasteiger partial charge in [0.05, 0.1) is 12.8 Å². The van der Waals surface area contributed by atoms with Gasteiger partial charge in [-0.25, -0.2) is 0 Å². The third-order valence-corrected chi connectivity index (χ3v) is 5.13. The van der Waals surface area contributed by atoms with Crippen LogP contribution in [0.4, 0.5) is 5.69 Å². The lowest BCUT2D eigenvalue weighted by molar-refractivity contribution is 0.260. The highest BCUT2D eigenvalue weighted by Crippen LogP contribution is 2.53. The predicted molar refractivity (Wildman–Crippen MR) is 82.8 cm³/mol. The highest BCUT2D eigenvalue weighted by molar-refractivity contribution is 5.96. The maximum atomic E-state index is 9.32. The lowest BCUT2D eigenvalue weighted by Crippen LogP contribution is -2.25. The van der Waals surface area contributed by atoms with Gasteiger partial charge in [-0.3, -0.25) is 4.98 Å². The maximum Gasteiger partial charge on any atom is 0.145 e. The van der Waals surface area contributed by atoms with Crippen molar-refractivity contribution >= 4 is 16.6 Å². The number of aromatic nitrogens is 1. The number of pyridine rings is 1. The van der Waals surface area contributed by atoms with Crippen LogP contribution >= 0.6 is 0 Å². The number of methoxy groups -OCH3 is 1. The number of benzene rings is 1. The van der Waals surface area contributed by atoms with E-state index >= 15 is 0 Å². The molecule has 1 aromatic carbocycles. The molecular formula is C17H20N2O2. The van der Waals surface area contributed by atoms with Crippen LogP contribution in [0.5, 0.6) is 5.75 Å². The Kier molecular flexibility index (Phi) is 2.82. The lowest BCUT2D eigenvalue weighted by Gasteiger charge is -2.25. The molecule has 2 aromatic rings. The Morgan fingerprint density at radius 3 is 2.76 bits per heavy atom. The summed E-state index contributed by atoms with van der Waals surface area (Å²) in [7, 11) is 1.69. The zero-order valence-corrected chi connectivity index (χ0v) is 12.4. The number of nitrogens with zero attached hydrogens (tertiary/aromatic N) is 2. The summed E-state index contributed by atoms with van der Waals surface area (Å²) in [4.78, 5) is 7.01. The van der Waals surface area contributed by atoms with E-state index in [1.54, 1.807) is 7.11 Å². The molecule has 1 N–H and O–H groups in total. The average Bonchev–Trinajstić information content (AvgIpc) is 2.98. The van der Waals surface area contributed by atoms with Gasteiger partial charge >= 0.3 is 0 Å². The summed E-state index contributed by atoms with van der Waals surface area (Å²) in [6, 6.07) is 6.11. The molecule has 4 heteroatoms. The molecule has 2 aliphatic rings. The van der Waals surface area contributed by atoms with Crippen LogP contribution in [0.1, 0.15) is 5.56 Å². The van der Waals surface area contributed by atoms with Crippen molar-refractivity contribution in [3.05, 3.63) is 30.0 Å². The Morgan fingerprint density at radius 2 is 2.10 bits per heavy atom. The number of hydrogen-bond acceptors (Lipinski definition) is 4. The summed E-state index contributed by atoms with van der Waals surface area (Å²) in [5, 5.41) is 10.5. The number of anilines is 1. The minimum Gasteiger partial charge on any atom is -0.494 e. The second-order valence-electron chi connectivity index (χ2n) is 6.23. The van der Waals surface area contributed by atoms with E-state index in [0.717, 1.165) is 29.7 Å². The summed E-state index contributed by atoms with van der Waals surface area (Å²) < 4.78 is 5.44. The van der Waals surface area contributed by atoms with E-state index in [4.69, 9.17) is 4.74 Å². The smallest absolute Gasteiger partial charge is 0.145 e. The molecule has 21 heavy (non-hydrogen) atoms. The molecule has 1 aliphatic heterocycles. The Hall–Kier alpha value is -1.81. The van der Waals surface area contributed by atoms with Gasteiger partial charge in [-0.2, -0.15) is 0 Å². The molecule has 0 radical (unpaired) electrons. The molecular weight excluding hydrogens is 264 g/mol. The quantitative estimate of drug-likeness (QED) is 0.939. The highest BCUT2D eigenvalue weighted by atomic mass is 16.5. The Labute approximate surface area is 124 Å². The molecule has 0 amide bonds. The first kappa shape index (κ1) is 12.9. The van der Waals surface area contributed by atoms with Crippen molar-refractivity contribution in [2.24, 2.45) is 17.8 Å². The van der Waals surface area contributed by atoms with E-state index in [1.807, 2.05) is 18.3 Å². The van der Waals surface area contributed by atoms with Crippen molar-refractivity contribution in [3.8, 4) is 5.75 Å². The van der Waals surface area contributed by atoms with E-state index in [2.05, 4.69) is 22.9 Å². The highest BCUT2D eigenvalue weighted by Gasteiger charge is 2.55. The van der Waals surface area contributed by atoms with Crippen LogP contribution in [0.15, 0.2) is 24.4 Å². The number of piperidine rings is 1. The summed E-state index contributed by atoms with van der Waals surface area (Å²) in [6.07, 6.45) is 1.94. The maximum absolute atomic E-state index is 9.32. The molecule has 0 bridgehead atoms. The van der Waals surface area contributed by atoms with E-state index < -0.39 is 0 Å². The fourth-order valence-corrected chi connectivity index (χ4v) is 3.97. The molecule has 0 spiro atoms. The Morgan fingerprint density at radius 1 is 1.33 bits per heavy atom. The topological polar surface area (TPSA) is 45.6 Å². The first-order chi connectivity index (χ1) is 10.2. The molecule has 2 heterocycles. The van der Waals surface area contributed by atoms with Crippen LogP contribution in [0.25, 0.3) is 10.9 Å². The van der Waals surface area contributed by atoms with Gasteiger partial charge in [0.15, 0.2) is 0 Å². The molecule has 2 fully saturated rings. The van der Waals surface area contributed by atoms with Crippen molar-refractivity contribution in [1.82, 2.24) is 4.98 Å². The SMILES string of the molecule is COc1cccc2c(N3C[C@@H]4C(CO)[C@@H]4C3)c(C)cnc12. The number of hydrogen-bond donors (Lipinski definition) is 1. The summed E-state index contributed by atoms with van der Waals surface area (Å²) in [6.45, 7) is 4.56. The first-order valence-corrected chi connectivity index (χ1v) is 7.52. The van der Waals surface area contributed by atoms with Crippen molar-refractivity contribution < 1.29 is 9.84 Å². The van der Waals surface area contributed by atoms with Gasteiger partial charge in [0.25, 0.3) is 0 Å². The molecule has 1 aromatic heterocycles. The molecule has 110 valence electrons. The van der Waals surface area contributed by atoms with Gasteiger partial charge in [0.1, 0.15) is 11.3 Å². The molecule has 1 saturated carbocycles. The first-order valence-electron chi connectivity index (χ1n) is 7.52. The van der Waals surface area contributed by atoms with Crippen LogP contribution in [-0.4, -0.2) is 36.9 Å². The fraction of sp³-hybridized carbons (Fsp3) is 0.471. The minimum absolute atomic E-state index is 0.340. The number of aliphatic hydroxyl groups is 1. The average molecular weight is 284 g/mol. The third kappa shape index (κ3) is 1.82. The Balaban J connectivity index is 1.77. The van der Waals surface area contributed by atoms with Crippen LogP contribution < -0.4 is 9.64 Å². The van der Waals surface area contributed by atoms with Crippen molar-refractivity contribution in [2.45, 2.75) is 6.92 Å². The fourth-order valence-electron chi connectivity index (χ4n) is 3.97. The van der Waals surface area contributed by atoms with Crippen LogP contribution in [0.2, 0.25) is 0 Å². The van der Waals surface area contributed by atoms with E-state index in [0.29, 0.717) is 24.4 Å². The van der Waals surface area contributed by atoms with Crippen molar-refractivity contribution in [1.29, 1.82) is 0 Å². The number of aliphatic hydroxyl groups excluding tert-OH is 1. The van der Waals surface area contributed by atoms with Crippen LogP contribution in [0, 0.1) is 24.7 Å². The van der Waals surface area contributed by atoms with Gasteiger partial charge in [-0.15, -0.1) is 0 Å². The van der Waals surface area contributed by atoms with E-state index in [1.165, 1.54) is 11.3 Å². The minimum atomic E-state index is 0.340. The van der Waals surface area contributed by atoms with Gasteiger partial charge in [0, 0.05) is 31.3 Å². The lowest BCUT2D eigenvalue weighted by atomic mass is 10.1. The van der Waals surface area contributed by atoms with Crippen molar-refractivity contribution in [3.63, 3.8) is 0 Å².